The van der Waals surface area contributed by atoms with Crippen LogP contribution < -0.4 is 11.2 Å². The predicted molar refractivity (Wildman–Crippen MR) is 99.5 cm³/mol. The van der Waals surface area contributed by atoms with E-state index >= 15 is 0 Å². The van der Waals surface area contributed by atoms with Gasteiger partial charge >= 0.3 is 0 Å². The molecule has 0 saturated heterocycles. The Hall–Kier alpha value is -3.23. The number of nitrogen functional groups attached to an aromatic ring is 1. The highest BCUT2D eigenvalue weighted by atomic mass is 19.1. The molecule has 0 saturated carbocycles. The lowest BCUT2D eigenvalue weighted by molar-refractivity contribution is 0.629. The van der Waals surface area contributed by atoms with Gasteiger partial charge in [0.05, 0.1) is 6.20 Å². The van der Waals surface area contributed by atoms with E-state index in [4.69, 9.17) is 5.73 Å². The molecule has 4 rings (SSSR count). The van der Waals surface area contributed by atoms with Crippen LogP contribution in [0.2, 0.25) is 0 Å². The van der Waals surface area contributed by atoms with E-state index in [0.29, 0.717) is 16.7 Å². The molecule has 26 heavy (non-hydrogen) atoms. The van der Waals surface area contributed by atoms with Crippen LogP contribution in [0, 0.1) is 19.7 Å². The summed E-state index contributed by atoms with van der Waals surface area (Å²) in [6.45, 7) is 7.63. The Labute approximate surface area is 149 Å². The molecule has 3 N–H and O–H groups in total. The molecule has 8 nitrogen and oxygen atoms in total. The van der Waals surface area contributed by atoms with Crippen molar-refractivity contribution < 1.29 is 4.39 Å². The lowest BCUT2D eigenvalue weighted by Crippen LogP contribution is -2.09. The highest BCUT2D eigenvalue weighted by Crippen LogP contribution is 2.14. The van der Waals surface area contributed by atoms with Gasteiger partial charge in [-0.1, -0.05) is 13.8 Å². The average Bonchev–Trinajstić information content (AvgIpc) is 3.11. The zero-order chi connectivity index (χ0) is 19.4. The molecule has 0 radical (unpaired) electrons. The first-order valence-corrected chi connectivity index (χ1v) is 8.15. The van der Waals surface area contributed by atoms with Crippen LogP contribution in [-0.4, -0.2) is 29.4 Å². The SMILES string of the molecule is CC.Cc1cn2nc(C)c(=O)cc2[nH]1.Cn1cc2nc(N)c(F)cc2n1. The zero-order valence-corrected chi connectivity index (χ0v) is 15.4. The second-order valence-corrected chi connectivity index (χ2v) is 5.42. The molecule has 0 aromatic carbocycles. The van der Waals surface area contributed by atoms with Gasteiger partial charge in [0.25, 0.3) is 0 Å². The van der Waals surface area contributed by atoms with Crippen molar-refractivity contribution >= 4 is 22.5 Å². The van der Waals surface area contributed by atoms with Gasteiger partial charge < -0.3 is 10.7 Å². The molecule has 4 aromatic heterocycles. The first-order valence-electron chi connectivity index (χ1n) is 8.15. The normalized spacial score (nSPS) is 10.2. The average molecular weight is 359 g/mol. The van der Waals surface area contributed by atoms with E-state index in [1.165, 1.54) is 6.07 Å². The van der Waals surface area contributed by atoms with Crippen molar-refractivity contribution in [2.75, 3.05) is 5.73 Å². The second kappa shape index (κ2) is 7.77. The Morgan fingerprint density at radius 3 is 2.50 bits per heavy atom. The smallest absolute Gasteiger partial charge is 0.205 e. The molecule has 0 aliphatic carbocycles. The maximum absolute atomic E-state index is 12.8. The van der Waals surface area contributed by atoms with Crippen LogP contribution in [-0.2, 0) is 7.05 Å². The topological polar surface area (TPSA) is 107 Å². The van der Waals surface area contributed by atoms with E-state index in [-0.39, 0.29) is 11.2 Å². The van der Waals surface area contributed by atoms with Gasteiger partial charge in [-0.25, -0.2) is 13.9 Å². The van der Waals surface area contributed by atoms with Crippen LogP contribution in [0.1, 0.15) is 25.2 Å². The molecule has 0 bridgehead atoms. The van der Waals surface area contributed by atoms with Gasteiger partial charge in [-0.15, -0.1) is 0 Å². The minimum Gasteiger partial charge on any atom is -0.381 e. The maximum Gasteiger partial charge on any atom is 0.205 e. The number of hydrogen-bond acceptors (Lipinski definition) is 5. The molecule has 0 fully saturated rings. The summed E-state index contributed by atoms with van der Waals surface area (Å²) in [4.78, 5) is 18.0. The number of pyridine rings is 1. The molecule has 0 aliphatic rings. The Balaban J connectivity index is 0.000000171. The Bertz CT molecular complexity index is 1050. The molecule has 4 heterocycles. The van der Waals surface area contributed by atoms with E-state index in [1.807, 2.05) is 27.0 Å². The predicted octanol–water partition coefficient (Wildman–Crippen LogP) is 2.36. The Kier molecular flexibility index (Phi) is 5.71. The van der Waals surface area contributed by atoms with E-state index in [9.17, 15) is 9.18 Å². The van der Waals surface area contributed by atoms with Crippen LogP contribution in [0.5, 0.6) is 0 Å². The van der Waals surface area contributed by atoms with Crippen molar-refractivity contribution in [2.24, 2.45) is 7.05 Å². The number of nitrogens with zero attached hydrogens (tertiary/aromatic N) is 5. The summed E-state index contributed by atoms with van der Waals surface area (Å²) in [5, 5.41) is 8.04. The summed E-state index contributed by atoms with van der Waals surface area (Å²) in [6, 6.07) is 2.83. The number of aromatic nitrogens is 6. The number of anilines is 1. The number of aryl methyl sites for hydroxylation is 3. The molecule has 0 spiro atoms. The van der Waals surface area contributed by atoms with Gasteiger partial charge in [0.2, 0.25) is 5.43 Å². The van der Waals surface area contributed by atoms with Crippen molar-refractivity contribution in [2.45, 2.75) is 27.7 Å². The van der Waals surface area contributed by atoms with Crippen molar-refractivity contribution in [1.82, 2.24) is 29.4 Å². The number of nitrogens with two attached hydrogens (primary N) is 1. The van der Waals surface area contributed by atoms with Crippen LogP contribution in [0.3, 0.4) is 0 Å². The quantitative estimate of drug-likeness (QED) is 0.501. The molecule has 0 atom stereocenters. The number of imidazole rings is 1. The maximum atomic E-state index is 12.8. The number of nitrogens with one attached hydrogen (secondary N) is 1. The largest absolute Gasteiger partial charge is 0.381 e. The van der Waals surface area contributed by atoms with Crippen molar-refractivity contribution in [1.29, 1.82) is 0 Å². The molecule has 138 valence electrons. The molecule has 4 aromatic rings. The number of halogens is 1. The third-order valence-electron chi connectivity index (χ3n) is 3.36. The van der Waals surface area contributed by atoms with Gasteiger partial charge in [-0.3, -0.25) is 9.48 Å². The van der Waals surface area contributed by atoms with Crippen molar-refractivity contribution in [3.05, 3.63) is 52.0 Å². The first-order chi connectivity index (χ1) is 12.3. The number of aromatic amines is 1. The van der Waals surface area contributed by atoms with Gasteiger partial charge in [-0.2, -0.15) is 10.2 Å². The number of hydrogen-bond donors (Lipinski definition) is 2. The summed E-state index contributed by atoms with van der Waals surface area (Å²) in [6.07, 6.45) is 3.53. The molecule has 0 amide bonds. The highest BCUT2D eigenvalue weighted by molar-refractivity contribution is 5.75. The summed E-state index contributed by atoms with van der Waals surface area (Å²) in [5.41, 5.74) is 8.62. The molecule has 0 aliphatic heterocycles. The molecule has 0 unspecified atom stereocenters. The first kappa shape index (κ1) is 19.1. The monoisotopic (exact) mass is 359 g/mol. The fourth-order valence-corrected chi connectivity index (χ4v) is 2.23. The second-order valence-electron chi connectivity index (χ2n) is 5.42. The van der Waals surface area contributed by atoms with Gasteiger partial charge in [-0.05, 0) is 13.8 Å². The minimum atomic E-state index is -0.527. The van der Waals surface area contributed by atoms with E-state index < -0.39 is 5.82 Å². The summed E-state index contributed by atoms with van der Waals surface area (Å²) in [5.74, 6) is -0.614. The van der Waals surface area contributed by atoms with E-state index in [2.05, 4.69) is 20.2 Å². The zero-order valence-electron chi connectivity index (χ0n) is 15.4. The van der Waals surface area contributed by atoms with Crippen LogP contribution in [0.4, 0.5) is 10.2 Å². The number of fused-ring (bicyclic) bond motifs is 2. The van der Waals surface area contributed by atoms with Gasteiger partial charge in [0.15, 0.2) is 11.6 Å². The van der Waals surface area contributed by atoms with Crippen LogP contribution in [0.25, 0.3) is 16.7 Å². The lowest BCUT2D eigenvalue weighted by Gasteiger charge is -1.92. The summed E-state index contributed by atoms with van der Waals surface area (Å²) in [7, 11) is 1.75. The van der Waals surface area contributed by atoms with Crippen LogP contribution >= 0.6 is 0 Å². The van der Waals surface area contributed by atoms with Gasteiger partial charge in [0.1, 0.15) is 22.4 Å². The Morgan fingerprint density at radius 1 is 1.12 bits per heavy atom. The minimum absolute atomic E-state index is 0.0307. The fourth-order valence-electron chi connectivity index (χ4n) is 2.23. The van der Waals surface area contributed by atoms with Crippen molar-refractivity contribution in [3.63, 3.8) is 0 Å². The van der Waals surface area contributed by atoms with Gasteiger partial charge in [0, 0.05) is 31.1 Å². The van der Waals surface area contributed by atoms with E-state index in [1.54, 1.807) is 35.4 Å². The molecular formula is C17H22FN7O. The summed E-state index contributed by atoms with van der Waals surface area (Å²) >= 11 is 0. The lowest BCUT2D eigenvalue weighted by atomic mass is 10.4. The number of rotatable bonds is 0. The molecule has 9 heteroatoms. The fraction of sp³-hybridized carbons (Fsp3) is 0.294. The number of H-pyrrole nitrogens is 1. The highest BCUT2D eigenvalue weighted by Gasteiger charge is 2.05. The third kappa shape index (κ3) is 4.05. The van der Waals surface area contributed by atoms with Crippen LogP contribution in [0.15, 0.2) is 29.3 Å². The standard InChI is InChI=1S/C8H9N3O.C7H7FN4.C2H6/c1-5-4-11-8(9-5)3-7(12)6(2)10-11;1-12-3-6-5(11-12)2-4(8)7(9)10-6;1-2/h3-4,9H,1-2H3;2-3H,1H3,(H2,9,10);1-2H3. The third-order valence-corrected chi connectivity index (χ3v) is 3.36. The van der Waals surface area contributed by atoms with Crippen molar-refractivity contribution in [3.8, 4) is 0 Å². The molecular weight excluding hydrogens is 337 g/mol. The Morgan fingerprint density at radius 2 is 1.81 bits per heavy atom. The summed E-state index contributed by atoms with van der Waals surface area (Å²) < 4.78 is 16.1. The van der Waals surface area contributed by atoms with E-state index in [0.717, 1.165) is 11.3 Å².